The molecule has 1 N–H and O–H groups in total. The van der Waals surface area contributed by atoms with Crippen molar-refractivity contribution in [3.05, 3.63) is 0 Å². The van der Waals surface area contributed by atoms with Gasteiger partial charge in [0.15, 0.2) is 0 Å². The van der Waals surface area contributed by atoms with Gasteiger partial charge in [0.25, 0.3) is 6.43 Å². The van der Waals surface area contributed by atoms with Crippen molar-refractivity contribution in [3.8, 4) is 0 Å². The molecule has 1 aliphatic rings. The zero-order chi connectivity index (χ0) is 13.9. The van der Waals surface area contributed by atoms with E-state index in [0.717, 1.165) is 0 Å². The maximum absolute atomic E-state index is 12.8. The van der Waals surface area contributed by atoms with Crippen LogP contribution >= 0.6 is 0 Å². The number of rotatable bonds is 3. The fourth-order valence-corrected chi connectivity index (χ4v) is 1.69. The van der Waals surface area contributed by atoms with Gasteiger partial charge in [0.2, 0.25) is 6.30 Å². The highest BCUT2D eigenvalue weighted by molar-refractivity contribution is 5.68. The summed E-state index contributed by atoms with van der Waals surface area (Å²) in [7, 11) is 0. The van der Waals surface area contributed by atoms with Crippen molar-refractivity contribution in [1.29, 1.82) is 0 Å². The largest absolute Gasteiger partial charge is 0.444 e. The first-order valence-corrected chi connectivity index (χ1v) is 5.85. The van der Waals surface area contributed by atoms with Gasteiger partial charge in [-0.1, -0.05) is 0 Å². The lowest BCUT2D eigenvalue weighted by Gasteiger charge is -2.24. The van der Waals surface area contributed by atoms with Crippen LogP contribution in [-0.2, 0) is 4.74 Å². The minimum absolute atomic E-state index is 0.183. The summed E-state index contributed by atoms with van der Waals surface area (Å²) < 4.78 is 42.0. The molecule has 2 atom stereocenters. The van der Waals surface area contributed by atoms with Crippen LogP contribution in [0.2, 0.25) is 0 Å². The normalized spacial score (nSPS) is 22.4. The van der Waals surface area contributed by atoms with Crippen molar-refractivity contribution in [2.24, 2.45) is 0 Å². The van der Waals surface area contributed by atoms with Crippen LogP contribution in [0.3, 0.4) is 0 Å². The lowest BCUT2D eigenvalue weighted by Crippen LogP contribution is -2.42. The molecule has 7 heteroatoms. The van der Waals surface area contributed by atoms with Gasteiger partial charge >= 0.3 is 6.09 Å². The minimum Gasteiger partial charge on any atom is -0.444 e. The third-order valence-electron chi connectivity index (χ3n) is 2.46. The molecular formula is C11H19F3N2O2. The minimum atomic E-state index is -3.06. The van der Waals surface area contributed by atoms with E-state index in [-0.39, 0.29) is 6.54 Å². The summed E-state index contributed by atoms with van der Waals surface area (Å²) in [4.78, 5) is 13.1. The zero-order valence-electron chi connectivity index (χ0n) is 10.8. The van der Waals surface area contributed by atoms with Gasteiger partial charge in [0, 0.05) is 19.1 Å². The first-order chi connectivity index (χ1) is 8.19. The molecule has 0 aromatic carbocycles. The predicted molar refractivity (Wildman–Crippen MR) is 60.2 cm³/mol. The molecule has 1 heterocycles. The lowest BCUT2D eigenvalue weighted by molar-refractivity contribution is 0.0206. The highest BCUT2D eigenvalue weighted by Crippen LogP contribution is 2.16. The molecule has 1 aliphatic heterocycles. The first kappa shape index (κ1) is 15.1. The average Bonchev–Trinajstić information content (AvgIpc) is 2.63. The number of nitrogens with one attached hydrogen (secondary N) is 1. The van der Waals surface area contributed by atoms with Crippen LogP contribution in [-0.4, -0.2) is 48.4 Å². The van der Waals surface area contributed by atoms with Crippen molar-refractivity contribution >= 4 is 6.09 Å². The number of halogens is 3. The maximum Gasteiger partial charge on any atom is 0.410 e. The second-order valence-electron chi connectivity index (χ2n) is 5.31. The number of amides is 1. The summed E-state index contributed by atoms with van der Waals surface area (Å²) in [6.45, 7) is 5.78. The summed E-state index contributed by atoms with van der Waals surface area (Å²) in [5, 5.41) is 2.16. The molecule has 1 saturated heterocycles. The van der Waals surface area contributed by atoms with Gasteiger partial charge in [0.1, 0.15) is 5.60 Å². The Kier molecular flexibility index (Phi) is 4.84. The molecule has 0 bridgehead atoms. The monoisotopic (exact) mass is 268 g/mol. The summed E-state index contributed by atoms with van der Waals surface area (Å²) in [5.41, 5.74) is -0.603. The van der Waals surface area contributed by atoms with Crippen molar-refractivity contribution in [1.82, 2.24) is 10.2 Å². The van der Waals surface area contributed by atoms with Crippen LogP contribution in [0, 0.1) is 0 Å². The molecule has 0 spiro atoms. The molecule has 4 nitrogen and oxygen atoms in total. The summed E-state index contributed by atoms with van der Waals surface area (Å²) in [5.74, 6) is 0. The molecule has 0 aromatic heterocycles. The van der Waals surface area contributed by atoms with Crippen molar-refractivity contribution in [2.45, 2.75) is 51.6 Å². The molecule has 1 amide bonds. The third-order valence-corrected chi connectivity index (χ3v) is 2.46. The van der Waals surface area contributed by atoms with E-state index in [9.17, 15) is 18.0 Å². The standard InChI is InChI=1S/C11H19F3N2O2/c1-11(2,3)18-10(17)16-5-4-7(6-16)15-9(14)8(12)13/h7-9,15H,4-6H2,1-3H3. The lowest BCUT2D eigenvalue weighted by atomic mass is 10.2. The Bertz CT molecular complexity index is 295. The Labute approximate surface area is 104 Å². The van der Waals surface area contributed by atoms with E-state index >= 15 is 0 Å². The number of alkyl halides is 3. The van der Waals surface area contributed by atoms with Crippen molar-refractivity contribution in [3.63, 3.8) is 0 Å². The number of likely N-dealkylation sites (tertiary alicyclic amines) is 1. The smallest absolute Gasteiger partial charge is 0.410 e. The van der Waals surface area contributed by atoms with Crippen LogP contribution in [0.1, 0.15) is 27.2 Å². The predicted octanol–water partition coefficient (Wildman–Crippen LogP) is 2.15. The van der Waals surface area contributed by atoms with Crippen molar-refractivity contribution < 1.29 is 22.7 Å². The van der Waals surface area contributed by atoms with Gasteiger partial charge < -0.3 is 9.64 Å². The molecular weight excluding hydrogens is 249 g/mol. The van der Waals surface area contributed by atoms with Crippen LogP contribution < -0.4 is 5.32 Å². The number of hydrogen-bond acceptors (Lipinski definition) is 3. The number of nitrogens with zero attached hydrogens (tertiary/aromatic N) is 1. The van der Waals surface area contributed by atoms with Gasteiger partial charge in [-0.15, -0.1) is 0 Å². The number of carbonyl (C=O) groups is 1. The van der Waals surface area contributed by atoms with Gasteiger partial charge in [-0.25, -0.2) is 18.0 Å². The highest BCUT2D eigenvalue weighted by atomic mass is 19.3. The van der Waals surface area contributed by atoms with Gasteiger partial charge in [-0.05, 0) is 27.2 Å². The Morgan fingerprint density at radius 3 is 2.50 bits per heavy atom. The Morgan fingerprint density at radius 1 is 1.39 bits per heavy atom. The number of ether oxygens (including phenoxy) is 1. The van der Waals surface area contributed by atoms with E-state index in [2.05, 4.69) is 5.32 Å². The van der Waals surface area contributed by atoms with Crippen LogP contribution in [0.15, 0.2) is 0 Å². The van der Waals surface area contributed by atoms with Gasteiger partial charge in [0.05, 0.1) is 0 Å². The van der Waals surface area contributed by atoms with E-state index < -0.39 is 30.5 Å². The van der Waals surface area contributed by atoms with Gasteiger partial charge in [-0.2, -0.15) is 0 Å². The van der Waals surface area contributed by atoms with Crippen molar-refractivity contribution in [2.75, 3.05) is 13.1 Å². The van der Waals surface area contributed by atoms with E-state index in [1.54, 1.807) is 20.8 Å². The van der Waals surface area contributed by atoms with Crippen LogP contribution in [0.4, 0.5) is 18.0 Å². The molecule has 0 radical (unpaired) electrons. The number of hydrogen-bond donors (Lipinski definition) is 1. The average molecular weight is 268 g/mol. The Balaban J connectivity index is 2.39. The fourth-order valence-electron chi connectivity index (χ4n) is 1.69. The van der Waals surface area contributed by atoms with Gasteiger partial charge in [-0.3, -0.25) is 5.32 Å². The molecule has 18 heavy (non-hydrogen) atoms. The Hall–Kier alpha value is -0.980. The molecule has 0 aromatic rings. The van der Waals surface area contributed by atoms with E-state index in [0.29, 0.717) is 13.0 Å². The molecule has 0 saturated carbocycles. The van der Waals surface area contributed by atoms with Crippen LogP contribution in [0.25, 0.3) is 0 Å². The molecule has 2 unspecified atom stereocenters. The fraction of sp³-hybridized carbons (Fsp3) is 0.909. The topological polar surface area (TPSA) is 41.6 Å². The summed E-state index contributed by atoms with van der Waals surface area (Å²) in [6.07, 6.45) is -5.47. The van der Waals surface area contributed by atoms with E-state index in [1.807, 2.05) is 0 Å². The molecule has 1 fully saturated rings. The van der Waals surface area contributed by atoms with E-state index in [1.165, 1.54) is 4.90 Å². The molecule has 0 aliphatic carbocycles. The number of carbonyl (C=O) groups excluding carboxylic acids is 1. The third kappa shape index (κ3) is 4.72. The quantitative estimate of drug-likeness (QED) is 0.797. The maximum atomic E-state index is 12.8. The van der Waals surface area contributed by atoms with E-state index in [4.69, 9.17) is 4.74 Å². The first-order valence-electron chi connectivity index (χ1n) is 5.85. The second kappa shape index (κ2) is 5.77. The highest BCUT2D eigenvalue weighted by Gasteiger charge is 2.32. The summed E-state index contributed by atoms with van der Waals surface area (Å²) in [6, 6.07) is -0.457. The molecule has 1 rings (SSSR count). The Morgan fingerprint density at radius 2 is 2.00 bits per heavy atom. The van der Waals surface area contributed by atoms with Crippen LogP contribution in [0.5, 0.6) is 0 Å². The summed E-state index contributed by atoms with van der Waals surface area (Å²) >= 11 is 0. The zero-order valence-corrected chi connectivity index (χ0v) is 10.8. The SMILES string of the molecule is CC(C)(C)OC(=O)N1CCC(NC(F)C(F)F)C1. The second-order valence-corrected chi connectivity index (χ2v) is 5.31. The molecule has 106 valence electrons.